The Hall–Kier alpha value is -0.930. The van der Waals surface area contributed by atoms with E-state index in [1.165, 1.54) is 12.0 Å². The zero-order chi connectivity index (χ0) is 10.4. The third-order valence-electron chi connectivity index (χ3n) is 2.64. The Morgan fingerprint density at radius 3 is 2.57 bits per heavy atom. The van der Waals surface area contributed by atoms with Crippen molar-refractivity contribution in [2.24, 2.45) is 11.8 Å². The highest BCUT2D eigenvalue weighted by Gasteiger charge is 2.12. The SMILES string of the molecule is CCC(C)CC(NN)c1ccncc1. The summed E-state index contributed by atoms with van der Waals surface area (Å²) in [6.45, 7) is 4.44. The van der Waals surface area contributed by atoms with Gasteiger partial charge in [-0.25, -0.2) is 0 Å². The second kappa shape index (κ2) is 5.73. The second-order valence-corrected chi connectivity index (χ2v) is 3.75. The molecule has 0 saturated heterocycles. The normalized spacial score (nSPS) is 15.1. The van der Waals surface area contributed by atoms with Gasteiger partial charge in [-0.15, -0.1) is 0 Å². The molecule has 1 aromatic heterocycles. The molecule has 0 aliphatic heterocycles. The van der Waals surface area contributed by atoms with Gasteiger partial charge in [0.25, 0.3) is 0 Å². The summed E-state index contributed by atoms with van der Waals surface area (Å²) < 4.78 is 0. The van der Waals surface area contributed by atoms with Gasteiger partial charge in [0.2, 0.25) is 0 Å². The lowest BCUT2D eigenvalue weighted by Crippen LogP contribution is -2.29. The van der Waals surface area contributed by atoms with Gasteiger partial charge in [0.05, 0.1) is 0 Å². The summed E-state index contributed by atoms with van der Waals surface area (Å²) in [4.78, 5) is 3.99. The third-order valence-corrected chi connectivity index (χ3v) is 2.64. The van der Waals surface area contributed by atoms with E-state index in [0.717, 1.165) is 6.42 Å². The number of pyridine rings is 1. The van der Waals surface area contributed by atoms with Crippen LogP contribution in [0.25, 0.3) is 0 Å². The van der Waals surface area contributed by atoms with E-state index in [1.54, 1.807) is 12.4 Å². The van der Waals surface area contributed by atoms with Crippen LogP contribution in [-0.2, 0) is 0 Å². The van der Waals surface area contributed by atoms with Crippen molar-refractivity contribution in [2.75, 3.05) is 0 Å². The molecule has 78 valence electrons. The molecule has 0 radical (unpaired) electrons. The molecule has 0 aliphatic rings. The predicted octanol–water partition coefficient (Wildman–Crippen LogP) is 2.02. The van der Waals surface area contributed by atoms with E-state index in [2.05, 4.69) is 24.3 Å². The molecule has 1 heterocycles. The van der Waals surface area contributed by atoms with Crippen molar-refractivity contribution in [1.82, 2.24) is 10.4 Å². The highest BCUT2D eigenvalue weighted by atomic mass is 15.2. The van der Waals surface area contributed by atoms with E-state index in [1.807, 2.05) is 12.1 Å². The topological polar surface area (TPSA) is 50.9 Å². The number of hydrogen-bond donors (Lipinski definition) is 2. The molecule has 2 atom stereocenters. The molecule has 3 heteroatoms. The molecule has 1 aromatic rings. The van der Waals surface area contributed by atoms with Crippen LogP contribution < -0.4 is 11.3 Å². The van der Waals surface area contributed by atoms with Gasteiger partial charge in [0.1, 0.15) is 0 Å². The molecule has 0 spiro atoms. The standard InChI is InChI=1S/C11H19N3/c1-3-9(2)8-11(14-12)10-4-6-13-7-5-10/h4-7,9,11,14H,3,8,12H2,1-2H3. The van der Waals surface area contributed by atoms with Crippen LogP contribution >= 0.6 is 0 Å². The highest BCUT2D eigenvalue weighted by Crippen LogP contribution is 2.21. The number of nitrogens with two attached hydrogens (primary N) is 1. The Labute approximate surface area is 85.7 Å². The first-order chi connectivity index (χ1) is 6.77. The summed E-state index contributed by atoms with van der Waals surface area (Å²) in [5.41, 5.74) is 4.07. The Morgan fingerprint density at radius 1 is 1.43 bits per heavy atom. The van der Waals surface area contributed by atoms with E-state index in [0.29, 0.717) is 5.92 Å². The number of rotatable bonds is 5. The van der Waals surface area contributed by atoms with Gasteiger partial charge in [0.15, 0.2) is 0 Å². The van der Waals surface area contributed by atoms with Gasteiger partial charge in [-0.3, -0.25) is 16.3 Å². The van der Waals surface area contributed by atoms with Crippen LogP contribution in [0.2, 0.25) is 0 Å². The molecular weight excluding hydrogens is 174 g/mol. The second-order valence-electron chi connectivity index (χ2n) is 3.75. The van der Waals surface area contributed by atoms with E-state index in [4.69, 9.17) is 5.84 Å². The lowest BCUT2D eigenvalue weighted by atomic mass is 9.95. The monoisotopic (exact) mass is 193 g/mol. The first-order valence-electron chi connectivity index (χ1n) is 5.14. The minimum atomic E-state index is 0.243. The van der Waals surface area contributed by atoms with Gasteiger partial charge in [-0.05, 0) is 30.0 Å². The van der Waals surface area contributed by atoms with Crippen LogP contribution in [-0.4, -0.2) is 4.98 Å². The third kappa shape index (κ3) is 3.09. The minimum absolute atomic E-state index is 0.243. The van der Waals surface area contributed by atoms with Gasteiger partial charge in [-0.2, -0.15) is 0 Å². The summed E-state index contributed by atoms with van der Waals surface area (Å²) in [6.07, 6.45) is 5.85. The fraction of sp³-hybridized carbons (Fsp3) is 0.545. The van der Waals surface area contributed by atoms with Crippen LogP contribution in [0.3, 0.4) is 0 Å². The molecule has 2 unspecified atom stereocenters. The van der Waals surface area contributed by atoms with E-state index >= 15 is 0 Å². The predicted molar refractivity (Wildman–Crippen MR) is 58.4 cm³/mol. The van der Waals surface area contributed by atoms with E-state index < -0.39 is 0 Å². The first kappa shape index (κ1) is 11.1. The number of hydrogen-bond acceptors (Lipinski definition) is 3. The van der Waals surface area contributed by atoms with Crippen molar-refractivity contribution < 1.29 is 0 Å². The van der Waals surface area contributed by atoms with Crippen molar-refractivity contribution in [3.63, 3.8) is 0 Å². The van der Waals surface area contributed by atoms with E-state index in [-0.39, 0.29) is 6.04 Å². The van der Waals surface area contributed by atoms with Crippen LogP contribution in [0, 0.1) is 5.92 Å². The van der Waals surface area contributed by atoms with Crippen LogP contribution in [0.5, 0.6) is 0 Å². The molecule has 0 aromatic carbocycles. The van der Waals surface area contributed by atoms with Crippen molar-refractivity contribution in [1.29, 1.82) is 0 Å². The number of nitrogens with zero attached hydrogens (tertiary/aromatic N) is 1. The zero-order valence-corrected chi connectivity index (χ0v) is 8.90. The summed E-state index contributed by atoms with van der Waals surface area (Å²) in [5, 5.41) is 0. The van der Waals surface area contributed by atoms with Gasteiger partial charge < -0.3 is 0 Å². The Kier molecular flexibility index (Phi) is 4.56. The van der Waals surface area contributed by atoms with Crippen LogP contribution in [0.4, 0.5) is 0 Å². The average Bonchev–Trinajstić information content (AvgIpc) is 2.26. The number of nitrogens with one attached hydrogen (secondary N) is 1. The molecule has 0 bridgehead atoms. The maximum atomic E-state index is 5.54. The molecule has 0 amide bonds. The summed E-state index contributed by atoms with van der Waals surface area (Å²) in [5.74, 6) is 6.22. The molecule has 14 heavy (non-hydrogen) atoms. The van der Waals surface area contributed by atoms with Crippen LogP contribution in [0.15, 0.2) is 24.5 Å². The molecule has 1 rings (SSSR count). The fourth-order valence-electron chi connectivity index (χ4n) is 1.47. The quantitative estimate of drug-likeness (QED) is 0.555. The summed E-state index contributed by atoms with van der Waals surface area (Å²) >= 11 is 0. The van der Waals surface area contributed by atoms with Crippen molar-refractivity contribution in [3.05, 3.63) is 30.1 Å². The lowest BCUT2D eigenvalue weighted by molar-refractivity contribution is 0.407. The fourth-order valence-corrected chi connectivity index (χ4v) is 1.47. The van der Waals surface area contributed by atoms with Crippen molar-refractivity contribution in [3.8, 4) is 0 Å². The average molecular weight is 193 g/mol. The lowest BCUT2D eigenvalue weighted by Gasteiger charge is -2.19. The molecule has 3 nitrogen and oxygen atoms in total. The minimum Gasteiger partial charge on any atom is -0.271 e. The Morgan fingerprint density at radius 2 is 2.07 bits per heavy atom. The summed E-state index contributed by atoms with van der Waals surface area (Å²) in [7, 11) is 0. The Bertz CT molecular complexity index is 248. The van der Waals surface area contributed by atoms with Crippen LogP contribution in [0.1, 0.15) is 38.3 Å². The smallest absolute Gasteiger partial charge is 0.0463 e. The molecule has 0 aliphatic carbocycles. The van der Waals surface area contributed by atoms with Gasteiger partial charge >= 0.3 is 0 Å². The molecule has 0 saturated carbocycles. The van der Waals surface area contributed by atoms with Crippen molar-refractivity contribution >= 4 is 0 Å². The number of aromatic nitrogens is 1. The zero-order valence-electron chi connectivity index (χ0n) is 8.90. The number of hydrazine groups is 1. The van der Waals surface area contributed by atoms with Gasteiger partial charge in [-0.1, -0.05) is 20.3 Å². The molecule has 0 fully saturated rings. The largest absolute Gasteiger partial charge is 0.271 e. The molecular formula is C11H19N3. The Balaban J connectivity index is 2.63. The van der Waals surface area contributed by atoms with Gasteiger partial charge in [0, 0.05) is 18.4 Å². The van der Waals surface area contributed by atoms with Crippen molar-refractivity contribution in [2.45, 2.75) is 32.7 Å². The summed E-state index contributed by atoms with van der Waals surface area (Å²) in [6, 6.07) is 4.26. The maximum Gasteiger partial charge on any atom is 0.0463 e. The molecule has 3 N–H and O–H groups in total. The van der Waals surface area contributed by atoms with E-state index in [9.17, 15) is 0 Å². The highest BCUT2D eigenvalue weighted by molar-refractivity contribution is 5.14. The maximum absolute atomic E-state index is 5.54. The first-order valence-corrected chi connectivity index (χ1v) is 5.14.